The van der Waals surface area contributed by atoms with Gasteiger partial charge in [-0.3, -0.25) is 9.59 Å². The smallest absolute Gasteiger partial charge is 0.311 e. The number of carbonyl (C=O) groups is 2. The van der Waals surface area contributed by atoms with Crippen LogP contribution in [0.25, 0.3) is 5.69 Å². The zero-order chi connectivity index (χ0) is 17.0. The van der Waals surface area contributed by atoms with Gasteiger partial charge in [-0.15, -0.1) is 5.10 Å². The molecule has 1 amide bonds. The zero-order valence-electron chi connectivity index (χ0n) is 13.2. The largest absolute Gasteiger partial charge is 0.481 e. The molecule has 126 valence electrons. The van der Waals surface area contributed by atoms with Gasteiger partial charge in [0.2, 0.25) is 0 Å². The van der Waals surface area contributed by atoms with Gasteiger partial charge in [0, 0.05) is 12.1 Å². The van der Waals surface area contributed by atoms with Gasteiger partial charge in [0.1, 0.15) is 6.33 Å². The van der Waals surface area contributed by atoms with Crippen LogP contribution in [-0.4, -0.2) is 43.7 Å². The van der Waals surface area contributed by atoms with Crippen LogP contribution in [0.5, 0.6) is 0 Å². The molecule has 3 rings (SSSR count). The van der Waals surface area contributed by atoms with Crippen molar-refractivity contribution < 1.29 is 14.7 Å². The summed E-state index contributed by atoms with van der Waals surface area (Å²) in [6, 6.07) is 6.80. The Morgan fingerprint density at radius 3 is 2.46 bits per heavy atom. The third kappa shape index (κ3) is 3.27. The molecule has 24 heavy (non-hydrogen) atoms. The van der Waals surface area contributed by atoms with Crippen LogP contribution < -0.4 is 5.32 Å². The average Bonchev–Trinajstić information content (AvgIpc) is 3.15. The lowest BCUT2D eigenvalue weighted by Crippen LogP contribution is -2.44. The molecule has 1 aliphatic carbocycles. The van der Waals surface area contributed by atoms with Crippen molar-refractivity contribution in [2.24, 2.45) is 5.41 Å². The third-order valence-electron chi connectivity index (χ3n) is 4.59. The highest BCUT2D eigenvalue weighted by atomic mass is 16.4. The number of aromatic nitrogens is 4. The van der Waals surface area contributed by atoms with E-state index in [0.29, 0.717) is 18.4 Å². The number of amides is 1. The number of benzene rings is 1. The summed E-state index contributed by atoms with van der Waals surface area (Å²) in [5.41, 5.74) is 0.384. The normalized spacial score (nSPS) is 16.5. The Hall–Kier alpha value is -2.77. The van der Waals surface area contributed by atoms with Crippen molar-refractivity contribution in [2.75, 3.05) is 6.54 Å². The van der Waals surface area contributed by atoms with Crippen LogP contribution in [0.4, 0.5) is 0 Å². The fourth-order valence-corrected chi connectivity index (χ4v) is 3.09. The number of carbonyl (C=O) groups excluding carboxylic acids is 1. The van der Waals surface area contributed by atoms with Gasteiger partial charge in [-0.25, -0.2) is 4.68 Å². The van der Waals surface area contributed by atoms with Crippen molar-refractivity contribution in [1.82, 2.24) is 25.5 Å². The van der Waals surface area contributed by atoms with Gasteiger partial charge in [-0.1, -0.05) is 19.3 Å². The molecule has 1 aromatic carbocycles. The first-order valence-electron chi connectivity index (χ1n) is 7.96. The molecule has 1 aromatic heterocycles. The molecule has 0 bridgehead atoms. The first-order valence-corrected chi connectivity index (χ1v) is 7.96. The number of nitrogens with one attached hydrogen (secondary N) is 1. The summed E-state index contributed by atoms with van der Waals surface area (Å²) in [7, 11) is 0. The first kappa shape index (κ1) is 16.1. The van der Waals surface area contributed by atoms with Crippen LogP contribution in [0.1, 0.15) is 42.5 Å². The van der Waals surface area contributed by atoms with E-state index in [0.717, 1.165) is 24.9 Å². The predicted molar refractivity (Wildman–Crippen MR) is 84.6 cm³/mol. The third-order valence-corrected chi connectivity index (χ3v) is 4.59. The monoisotopic (exact) mass is 329 g/mol. The van der Waals surface area contributed by atoms with Crippen molar-refractivity contribution in [3.05, 3.63) is 36.2 Å². The van der Waals surface area contributed by atoms with Gasteiger partial charge >= 0.3 is 5.97 Å². The Morgan fingerprint density at radius 2 is 1.88 bits per heavy atom. The number of hydrogen-bond acceptors (Lipinski definition) is 5. The van der Waals surface area contributed by atoms with Crippen molar-refractivity contribution in [3.8, 4) is 5.69 Å². The summed E-state index contributed by atoms with van der Waals surface area (Å²) in [6.07, 6.45) is 5.53. The van der Waals surface area contributed by atoms with Crippen molar-refractivity contribution >= 4 is 11.9 Å². The first-order chi connectivity index (χ1) is 11.6. The van der Waals surface area contributed by atoms with E-state index in [9.17, 15) is 14.7 Å². The Labute approximate surface area is 138 Å². The summed E-state index contributed by atoms with van der Waals surface area (Å²) in [5.74, 6) is -1.10. The minimum atomic E-state index is -0.833. The molecule has 2 aromatic rings. The summed E-state index contributed by atoms with van der Waals surface area (Å²) < 4.78 is 1.49. The lowest BCUT2D eigenvalue weighted by atomic mass is 9.74. The van der Waals surface area contributed by atoms with Gasteiger partial charge in [0.25, 0.3) is 5.91 Å². The zero-order valence-corrected chi connectivity index (χ0v) is 13.2. The van der Waals surface area contributed by atoms with E-state index in [1.807, 2.05) is 0 Å². The number of hydrogen-bond donors (Lipinski definition) is 2. The number of rotatable bonds is 5. The van der Waals surface area contributed by atoms with Crippen LogP contribution >= 0.6 is 0 Å². The topological polar surface area (TPSA) is 110 Å². The van der Waals surface area contributed by atoms with E-state index in [-0.39, 0.29) is 12.5 Å². The molecule has 1 heterocycles. The maximum Gasteiger partial charge on any atom is 0.311 e. The van der Waals surface area contributed by atoms with Crippen molar-refractivity contribution in [2.45, 2.75) is 32.1 Å². The van der Waals surface area contributed by atoms with E-state index in [2.05, 4.69) is 20.8 Å². The number of nitrogens with zero attached hydrogens (tertiary/aromatic N) is 4. The second-order valence-electron chi connectivity index (χ2n) is 6.13. The molecular formula is C16H19N5O3. The lowest BCUT2D eigenvalue weighted by molar-refractivity contribution is -0.150. The van der Waals surface area contributed by atoms with Crippen molar-refractivity contribution in [3.63, 3.8) is 0 Å². The molecule has 0 aliphatic heterocycles. The molecule has 0 saturated heterocycles. The molecule has 0 unspecified atom stereocenters. The summed E-state index contributed by atoms with van der Waals surface area (Å²) >= 11 is 0. The van der Waals surface area contributed by atoms with Crippen molar-refractivity contribution in [1.29, 1.82) is 0 Å². The summed E-state index contributed by atoms with van der Waals surface area (Å²) in [5, 5.41) is 23.2. The van der Waals surface area contributed by atoms with Crippen LogP contribution in [-0.2, 0) is 4.79 Å². The van der Waals surface area contributed by atoms with Crippen LogP contribution in [0, 0.1) is 5.41 Å². The molecule has 8 nitrogen and oxygen atoms in total. The number of tetrazole rings is 1. The predicted octanol–water partition coefficient (Wildman–Crippen LogP) is 1.43. The Morgan fingerprint density at radius 1 is 1.17 bits per heavy atom. The number of carboxylic acids is 1. The Kier molecular flexibility index (Phi) is 4.54. The van der Waals surface area contributed by atoms with Gasteiger partial charge in [-0.05, 0) is 47.5 Å². The summed E-state index contributed by atoms with van der Waals surface area (Å²) in [6.45, 7) is 0.163. The van der Waals surface area contributed by atoms with Crippen LogP contribution in [0.2, 0.25) is 0 Å². The molecule has 0 spiro atoms. The quantitative estimate of drug-likeness (QED) is 0.858. The maximum absolute atomic E-state index is 12.3. The maximum atomic E-state index is 12.3. The summed E-state index contributed by atoms with van der Waals surface area (Å²) in [4.78, 5) is 23.9. The Balaban J connectivity index is 1.65. The molecule has 1 fully saturated rings. The highest BCUT2D eigenvalue weighted by Gasteiger charge is 2.39. The number of carboxylic acid groups (broad SMARTS) is 1. The van der Waals surface area contributed by atoms with E-state index in [1.54, 1.807) is 24.3 Å². The lowest BCUT2D eigenvalue weighted by Gasteiger charge is -2.33. The molecule has 0 radical (unpaired) electrons. The molecule has 1 aliphatic rings. The fraction of sp³-hybridized carbons (Fsp3) is 0.438. The van der Waals surface area contributed by atoms with E-state index >= 15 is 0 Å². The second kappa shape index (κ2) is 6.77. The van der Waals surface area contributed by atoms with E-state index in [4.69, 9.17) is 0 Å². The fourth-order valence-electron chi connectivity index (χ4n) is 3.09. The average molecular weight is 329 g/mol. The standard InChI is InChI=1S/C16H19N5O3/c22-14(17-10-16(15(23)24)8-2-1-3-9-16)12-4-6-13(7-5-12)21-11-18-19-20-21/h4-7,11H,1-3,8-10H2,(H,17,22)(H,23,24). The van der Waals surface area contributed by atoms with Gasteiger partial charge in [0.05, 0.1) is 11.1 Å². The highest BCUT2D eigenvalue weighted by molar-refractivity contribution is 5.94. The molecule has 8 heteroatoms. The van der Waals surface area contributed by atoms with Gasteiger partial charge < -0.3 is 10.4 Å². The second-order valence-corrected chi connectivity index (χ2v) is 6.13. The molecule has 1 saturated carbocycles. The minimum Gasteiger partial charge on any atom is -0.481 e. The molecule has 0 atom stereocenters. The molecular weight excluding hydrogens is 310 g/mol. The molecule has 2 N–H and O–H groups in total. The SMILES string of the molecule is O=C(NCC1(C(=O)O)CCCCC1)c1ccc(-n2cnnn2)cc1. The van der Waals surface area contributed by atoms with Crippen LogP contribution in [0.3, 0.4) is 0 Å². The Bertz CT molecular complexity index is 706. The minimum absolute atomic E-state index is 0.163. The van der Waals surface area contributed by atoms with Gasteiger partial charge in [-0.2, -0.15) is 0 Å². The number of aliphatic carboxylic acids is 1. The van der Waals surface area contributed by atoms with E-state index < -0.39 is 11.4 Å². The van der Waals surface area contributed by atoms with Gasteiger partial charge in [0.15, 0.2) is 0 Å². The van der Waals surface area contributed by atoms with Crippen LogP contribution in [0.15, 0.2) is 30.6 Å². The highest BCUT2D eigenvalue weighted by Crippen LogP contribution is 2.36. The van der Waals surface area contributed by atoms with E-state index in [1.165, 1.54) is 11.0 Å².